The normalized spacial score (nSPS) is 16.3. The number of aliphatic carboxylic acids is 1. The summed E-state index contributed by atoms with van der Waals surface area (Å²) in [6, 6.07) is 5.09. The molecule has 1 N–H and O–H groups in total. The lowest BCUT2D eigenvalue weighted by Gasteiger charge is -2.12. The van der Waals surface area contributed by atoms with Gasteiger partial charge in [0.15, 0.2) is 18.1 Å². The highest BCUT2D eigenvalue weighted by molar-refractivity contribution is 8.26. The van der Waals surface area contributed by atoms with E-state index in [0.717, 1.165) is 0 Å². The summed E-state index contributed by atoms with van der Waals surface area (Å²) in [5.41, 5.74) is 0.551. The number of hydrogen-bond acceptors (Lipinski definition) is 6. The molecule has 1 aliphatic heterocycles. The maximum absolute atomic E-state index is 12.0. The first kappa shape index (κ1) is 16.3. The molecule has 22 heavy (non-hydrogen) atoms. The SMILES string of the molecule is COc1cccc(/C=C2\SC(=S)N(C)C2=O)c1OCC(=O)O. The van der Waals surface area contributed by atoms with Crippen molar-refractivity contribution < 1.29 is 24.2 Å². The van der Waals surface area contributed by atoms with Crippen molar-refractivity contribution in [2.45, 2.75) is 0 Å². The molecule has 6 nitrogen and oxygen atoms in total. The highest BCUT2D eigenvalue weighted by Gasteiger charge is 2.29. The number of thioether (sulfide) groups is 1. The molecule has 1 aromatic carbocycles. The van der Waals surface area contributed by atoms with Crippen LogP contribution in [0, 0.1) is 0 Å². The Bertz CT molecular complexity index is 671. The maximum Gasteiger partial charge on any atom is 0.341 e. The number of carboxylic acids is 1. The highest BCUT2D eigenvalue weighted by Crippen LogP contribution is 2.36. The van der Waals surface area contributed by atoms with Gasteiger partial charge in [-0.25, -0.2) is 4.79 Å². The molecule has 1 fully saturated rings. The highest BCUT2D eigenvalue weighted by atomic mass is 32.2. The zero-order valence-electron chi connectivity index (χ0n) is 11.9. The number of thiocarbonyl (C=S) groups is 1. The van der Waals surface area contributed by atoms with Crippen LogP contribution in [0.4, 0.5) is 0 Å². The first-order valence-electron chi connectivity index (χ1n) is 6.17. The Labute approximate surface area is 136 Å². The van der Waals surface area contributed by atoms with Gasteiger partial charge in [0.1, 0.15) is 4.32 Å². The molecule has 0 bridgehead atoms. The maximum atomic E-state index is 12.0. The van der Waals surface area contributed by atoms with Gasteiger partial charge < -0.3 is 14.6 Å². The van der Waals surface area contributed by atoms with Crippen LogP contribution in [0.25, 0.3) is 6.08 Å². The standard InChI is InChI=1S/C14H13NO5S2/c1-15-13(18)10(22-14(15)21)6-8-4-3-5-9(19-2)12(8)20-7-11(16)17/h3-6H,7H2,1-2H3,(H,16,17)/b10-6-. The van der Waals surface area contributed by atoms with E-state index in [1.54, 1.807) is 31.3 Å². The first-order valence-corrected chi connectivity index (χ1v) is 7.39. The minimum Gasteiger partial charge on any atom is -0.493 e. The number of carbonyl (C=O) groups is 2. The Morgan fingerprint density at radius 3 is 2.77 bits per heavy atom. The summed E-state index contributed by atoms with van der Waals surface area (Å²) >= 11 is 6.25. The summed E-state index contributed by atoms with van der Waals surface area (Å²) in [6.45, 7) is -0.504. The number of hydrogen-bond donors (Lipinski definition) is 1. The largest absolute Gasteiger partial charge is 0.493 e. The fourth-order valence-corrected chi connectivity index (χ4v) is 2.95. The van der Waals surface area contributed by atoms with Gasteiger partial charge in [0.05, 0.1) is 12.0 Å². The number of benzene rings is 1. The van der Waals surface area contributed by atoms with E-state index in [1.165, 1.54) is 23.8 Å². The van der Waals surface area contributed by atoms with E-state index >= 15 is 0 Å². The van der Waals surface area contributed by atoms with Gasteiger partial charge in [-0.3, -0.25) is 9.69 Å². The van der Waals surface area contributed by atoms with Gasteiger partial charge in [0, 0.05) is 12.6 Å². The van der Waals surface area contributed by atoms with Crippen molar-refractivity contribution in [2.75, 3.05) is 20.8 Å². The predicted octanol–water partition coefficient (Wildman–Crippen LogP) is 1.99. The summed E-state index contributed by atoms with van der Waals surface area (Å²) in [5.74, 6) is -0.644. The monoisotopic (exact) mass is 339 g/mol. The summed E-state index contributed by atoms with van der Waals surface area (Å²) in [6.07, 6.45) is 1.61. The van der Waals surface area contributed by atoms with Gasteiger partial charge >= 0.3 is 5.97 Å². The van der Waals surface area contributed by atoms with E-state index in [1.807, 2.05) is 0 Å². The molecule has 0 aliphatic carbocycles. The van der Waals surface area contributed by atoms with E-state index < -0.39 is 12.6 Å². The number of rotatable bonds is 5. The smallest absolute Gasteiger partial charge is 0.341 e. The van der Waals surface area contributed by atoms with E-state index in [4.69, 9.17) is 26.8 Å². The van der Waals surface area contributed by atoms with Crippen molar-refractivity contribution >= 4 is 46.3 Å². The molecule has 0 spiro atoms. The molecule has 0 aromatic heterocycles. The van der Waals surface area contributed by atoms with Gasteiger partial charge in [0.2, 0.25) is 0 Å². The third-order valence-electron chi connectivity index (χ3n) is 2.84. The molecule has 1 heterocycles. The topological polar surface area (TPSA) is 76.1 Å². The minimum absolute atomic E-state index is 0.206. The molecular weight excluding hydrogens is 326 g/mol. The minimum atomic E-state index is -1.10. The van der Waals surface area contributed by atoms with Gasteiger partial charge in [-0.15, -0.1) is 0 Å². The van der Waals surface area contributed by atoms with Gasteiger partial charge in [-0.2, -0.15) is 0 Å². The third kappa shape index (κ3) is 3.40. The Hall–Kier alpha value is -2.06. The van der Waals surface area contributed by atoms with Crippen LogP contribution in [-0.4, -0.2) is 47.0 Å². The quantitative estimate of drug-likeness (QED) is 0.649. The fraction of sp³-hybridized carbons (Fsp3) is 0.214. The van der Waals surface area contributed by atoms with Gasteiger partial charge in [-0.05, 0) is 12.1 Å². The predicted molar refractivity (Wildman–Crippen MR) is 87.1 cm³/mol. The first-order chi connectivity index (χ1) is 10.4. The van der Waals surface area contributed by atoms with Crippen LogP contribution >= 0.6 is 24.0 Å². The molecule has 2 rings (SSSR count). The van der Waals surface area contributed by atoms with Crippen molar-refractivity contribution in [1.82, 2.24) is 4.90 Å². The zero-order valence-corrected chi connectivity index (χ0v) is 13.5. The number of amides is 1. The number of methoxy groups -OCH3 is 1. The summed E-state index contributed by atoms with van der Waals surface area (Å²) in [4.78, 5) is 24.6. The second kappa shape index (κ2) is 6.80. The Morgan fingerprint density at radius 1 is 1.50 bits per heavy atom. The van der Waals surface area contributed by atoms with Gasteiger partial charge in [0.25, 0.3) is 5.91 Å². The van der Waals surface area contributed by atoms with E-state index in [0.29, 0.717) is 20.5 Å². The second-order valence-electron chi connectivity index (χ2n) is 4.30. The molecule has 1 saturated heterocycles. The summed E-state index contributed by atoms with van der Waals surface area (Å²) in [5, 5.41) is 8.76. The molecule has 0 atom stereocenters. The summed E-state index contributed by atoms with van der Waals surface area (Å²) < 4.78 is 10.9. The van der Waals surface area contributed by atoms with Crippen LogP contribution in [-0.2, 0) is 9.59 Å². The van der Waals surface area contributed by atoms with Crippen LogP contribution < -0.4 is 9.47 Å². The van der Waals surface area contributed by atoms with Crippen LogP contribution in [0.5, 0.6) is 11.5 Å². The average molecular weight is 339 g/mol. The molecule has 1 aromatic rings. The number of nitrogens with zero attached hydrogens (tertiary/aromatic N) is 1. The molecule has 0 unspecified atom stereocenters. The molecule has 116 valence electrons. The average Bonchev–Trinajstić information content (AvgIpc) is 2.72. The van der Waals surface area contributed by atoms with Crippen LogP contribution in [0.3, 0.4) is 0 Å². The molecule has 8 heteroatoms. The summed E-state index contributed by atoms with van der Waals surface area (Å²) in [7, 11) is 3.06. The Balaban J connectivity index is 2.40. The second-order valence-corrected chi connectivity index (χ2v) is 5.98. The lowest BCUT2D eigenvalue weighted by molar-refractivity contribution is -0.139. The molecule has 0 radical (unpaired) electrons. The van der Waals surface area contributed by atoms with Crippen LogP contribution in [0.2, 0.25) is 0 Å². The van der Waals surface area contributed by atoms with Gasteiger partial charge in [-0.1, -0.05) is 36.1 Å². The molecule has 1 aliphatic rings. The van der Waals surface area contributed by atoms with Crippen molar-refractivity contribution in [2.24, 2.45) is 0 Å². The molecule has 1 amide bonds. The Kier molecular flexibility index (Phi) is 5.04. The number of para-hydroxylation sites is 1. The van der Waals surface area contributed by atoms with E-state index in [9.17, 15) is 9.59 Å². The number of carbonyl (C=O) groups excluding carboxylic acids is 1. The lowest BCUT2D eigenvalue weighted by Crippen LogP contribution is -2.22. The van der Waals surface area contributed by atoms with Crippen molar-refractivity contribution in [3.8, 4) is 11.5 Å². The van der Waals surface area contributed by atoms with E-state index in [2.05, 4.69) is 0 Å². The van der Waals surface area contributed by atoms with Crippen molar-refractivity contribution in [1.29, 1.82) is 0 Å². The van der Waals surface area contributed by atoms with Crippen molar-refractivity contribution in [3.05, 3.63) is 28.7 Å². The Morgan fingerprint density at radius 2 is 2.23 bits per heavy atom. The third-order valence-corrected chi connectivity index (χ3v) is 4.33. The van der Waals surface area contributed by atoms with Crippen molar-refractivity contribution in [3.63, 3.8) is 0 Å². The van der Waals surface area contributed by atoms with E-state index in [-0.39, 0.29) is 11.7 Å². The lowest BCUT2D eigenvalue weighted by atomic mass is 10.1. The molecular formula is C14H13NO5S2. The number of carboxylic acid groups (broad SMARTS) is 1. The molecule has 0 saturated carbocycles. The number of ether oxygens (including phenoxy) is 2. The fourth-order valence-electron chi connectivity index (χ4n) is 1.78. The zero-order chi connectivity index (χ0) is 16.3. The number of likely N-dealkylation sites (N-methyl/N-ethyl adjacent to an activating group) is 1. The van der Waals surface area contributed by atoms with Crippen LogP contribution in [0.15, 0.2) is 23.1 Å². The van der Waals surface area contributed by atoms with Crippen LogP contribution in [0.1, 0.15) is 5.56 Å².